The van der Waals surface area contributed by atoms with Gasteiger partial charge in [-0.1, -0.05) is 40.2 Å². The van der Waals surface area contributed by atoms with E-state index in [2.05, 4.69) is 20.9 Å². The van der Waals surface area contributed by atoms with Gasteiger partial charge in [-0.15, -0.1) is 11.3 Å². The number of rotatable bonds is 4. The molecule has 1 heterocycles. The summed E-state index contributed by atoms with van der Waals surface area (Å²) >= 11 is 5.05. The number of halogens is 1. The summed E-state index contributed by atoms with van der Waals surface area (Å²) in [6, 6.07) is 15.8. The van der Waals surface area contributed by atoms with Crippen LogP contribution in [0.1, 0.15) is 10.6 Å². The Morgan fingerprint density at radius 1 is 1.26 bits per heavy atom. The Labute approximate surface area is 147 Å². The van der Waals surface area contributed by atoms with Gasteiger partial charge >= 0.3 is 0 Å². The Morgan fingerprint density at radius 3 is 2.87 bits per heavy atom. The van der Waals surface area contributed by atoms with Crippen LogP contribution in [0.2, 0.25) is 0 Å². The Hall–Kier alpha value is -1.98. The molecule has 0 N–H and O–H groups in total. The van der Waals surface area contributed by atoms with Crippen molar-refractivity contribution in [1.82, 2.24) is 9.88 Å². The number of fused-ring (bicyclic) bond motifs is 1. The number of amides is 1. The van der Waals surface area contributed by atoms with Crippen LogP contribution in [-0.2, 0) is 11.3 Å². The van der Waals surface area contributed by atoms with Gasteiger partial charge in [0.25, 0.3) is 0 Å². The fourth-order valence-electron chi connectivity index (χ4n) is 2.17. The summed E-state index contributed by atoms with van der Waals surface area (Å²) in [6.07, 6.45) is 3.41. The molecule has 0 atom stereocenters. The summed E-state index contributed by atoms with van der Waals surface area (Å²) in [4.78, 5) is 18.5. The normalized spacial score (nSPS) is 11.2. The average molecular weight is 387 g/mol. The van der Waals surface area contributed by atoms with E-state index in [-0.39, 0.29) is 5.91 Å². The predicted octanol–water partition coefficient (Wildman–Crippen LogP) is 4.73. The Kier molecular flexibility index (Phi) is 4.88. The second-order valence-corrected chi connectivity index (χ2v) is 7.19. The van der Waals surface area contributed by atoms with Crippen molar-refractivity contribution >= 4 is 49.5 Å². The number of hydrogen-bond donors (Lipinski definition) is 0. The number of thiazole rings is 1. The summed E-state index contributed by atoms with van der Waals surface area (Å²) in [6.45, 7) is 0.515. The van der Waals surface area contributed by atoms with Crippen molar-refractivity contribution in [3.05, 3.63) is 69.7 Å². The van der Waals surface area contributed by atoms with E-state index in [1.165, 1.54) is 0 Å². The van der Waals surface area contributed by atoms with Gasteiger partial charge in [0.2, 0.25) is 5.91 Å². The van der Waals surface area contributed by atoms with E-state index >= 15 is 0 Å². The van der Waals surface area contributed by atoms with E-state index in [1.54, 1.807) is 29.4 Å². The van der Waals surface area contributed by atoms with Gasteiger partial charge in [-0.3, -0.25) is 4.79 Å². The lowest BCUT2D eigenvalue weighted by Crippen LogP contribution is -2.23. The third kappa shape index (κ3) is 4.06. The SMILES string of the molecule is CN(Cc1nc2ccccc2s1)C(=O)/C=C/c1cccc(Br)c1. The van der Waals surface area contributed by atoms with Gasteiger partial charge in [0.15, 0.2) is 0 Å². The van der Waals surface area contributed by atoms with Gasteiger partial charge in [-0.25, -0.2) is 4.98 Å². The van der Waals surface area contributed by atoms with E-state index in [9.17, 15) is 4.79 Å². The Bertz CT molecular complexity index is 839. The first-order valence-corrected chi connectivity index (χ1v) is 8.76. The predicted molar refractivity (Wildman–Crippen MR) is 99.3 cm³/mol. The first-order chi connectivity index (χ1) is 11.1. The van der Waals surface area contributed by atoms with Gasteiger partial charge in [0.05, 0.1) is 16.8 Å². The van der Waals surface area contributed by atoms with Crippen LogP contribution in [0.15, 0.2) is 59.1 Å². The number of likely N-dealkylation sites (N-methyl/N-ethyl adjacent to an activating group) is 1. The number of hydrogen-bond acceptors (Lipinski definition) is 3. The van der Waals surface area contributed by atoms with Gasteiger partial charge in [0, 0.05) is 17.6 Å². The minimum Gasteiger partial charge on any atom is -0.335 e. The van der Waals surface area contributed by atoms with Crippen LogP contribution in [0, 0.1) is 0 Å². The summed E-state index contributed by atoms with van der Waals surface area (Å²) < 4.78 is 2.14. The molecule has 116 valence electrons. The minimum atomic E-state index is -0.0377. The van der Waals surface area contributed by atoms with Crippen molar-refractivity contribution in [2.75, 3.05) is 7.05 Å². The lowest BCUT2D eigenvalue weighted by Gasteiger charge is -2.12. The number of carbonyl (C=O) groups excluding carboxylic acids is 1. The van der Waals surface area contributed by atoms with E-state index in [0.29, 0.717) is 6.54 Å². The maximum Gasteiger partial charge on any atom is 0.246 e. The zero-order valence-electron chi connectivity index (χ0n) is 12.6. The molecule has 0 aliphatic carbocycles. The smallest absolute Gasteiger partial charge is 0.246 e. The molecule has 0 bridgehead atoms. The average Bonchev–Trinajstić information content (AvgIpc) is 2.94. The highest BCUT2D eigenvalue weighted by Crippen LogP contribution is 2.22. The van der Waals surface area contributed by atoms with Crippen molar-refractivity contribution in [3.8, 4) is 0 Å². The molecule has 0 saturated carbocycles. The zero-order valence-corrected chi connectivity index (χ0v) is 15.0. The number of benzene rings is 2. The first-order valence-electron chi connectivity index (χ1n) is 7.15. The largest absolute Gasteiger partial charge is 0.335 e. The van der Waals surface area contributed by atoms with Gasteiger partial charge in [-0.2, -0.15) is 0 Å². The second kappa shape index (κ2) is 7.06. The van der Waals surface area contributed by atoms with Crippen LogP contribution in [0.5, 0.6) is 0 Å². The third-order valence-corrected chi connectivity index (χ3v) is 4.87. The standard InChI is InChI=1S/C18H15BrN2OS/c1-21(12-17-20-15-7-2-3-8-16(15)23-17)18(22)10-9-13-5-4-6-14(19)11-13/h2-11H,12H2,1H3/b10-9+. The molecule has 1 amide bonds. The molecule has 1 aromatic heterocycles. The van der Waals surface area contributed by atoms with Crippen LogP contribution in [0.4, 0.5) is 0 Å². The molecule has 3 rings (SSSR count). The second-order valence-electron chi connectivity index (χ2n) is 5.16. The van der Waals surface area contributed by atoms with E-state index in [0.717, 1.165) is 25.3 Å². The molecule has 0 fully saturated rings. The van der Waals surface area contributed by atoms with Gasteiger partial charge < -0.3 is 4.90 Å². The maximum atomic E-state index is 12.2. The molecule has 0 spiro atoms. The van der Waals surface area contributed by atoms with Gasteiger partial charge in [0.1, 0.15) is 5.01 Å². The van der Waals surface area contributed by atoms with Crippen molar-refractivity contribution in [3.63, 3.8) is 0 Å². The molecular formula is C18H15BrN2OS. The summed E-state index contributed by atoms with van der Waals surface area (Å²) in [5.41, 5.74) is 1.97. The molecule has 3 nitrogen and oxygen atoms in total. The Balaban J connectivity index is 1.67. The van der Waals surface area contributed by atoms with Crippen LogP contribution >= 0.6 is 27.3 Å². The van der Waals surface area contributed by atoms with Crippen LogP contribution in [0.3, 0.4) is 0 Å². The molecule has 0 radical (unpaired) electrons. The van der Waals surface area contributed by atoms with Crippen LogP contribution in [-0.4, -0.2) is 22.8 Å². The molecule has 5 heteroatoms. The molecular weight excluding hydrogens is 372 g/mol. The Morgan fingerprint density at radius 2 is 2.09 bits per heavy atom. The van der Waals surface area contributed by atoms with Crippen LogP contribution < -0.4 is 0 Å². The van der Waals surface area contributed by atoms with Crippen molar-refractivity contribution < 1.29 is 4.79 Å². The van der Waals surface area contributed by atoms with Crippen molar-refractivity contribution in [2.24, 2.45) is 0 Å². The minimum absolute atomic E-state index is 0.0377. The van der Waals surface area contributed by atoms with E-state index in [1.807, 2.05) is 54.6 Å². The highest BCUT2D eigenvalue weighted by atomic mass is 79.9. The molecule has 0 aliphatic heterocycles. The zero-order chi connectivity index (χ0) is 16.2. The third-order valence-electron chi connectivity index (χ3n) is 3.35. The topological polar surface area (TPSA) is 33.2 Å². The lowest BCUT2D eigenvalue weighted by atomic mass is 10.2. The molecule has 0 aliphatic rings. The van der Waals surface area contributed by atoms with E-state index < -0.39 is 0 Å². The first kappa shape index (κ1) is 15.9. The molecule has 3 aromatic rings. The number of para-hydroxylation sites is 1. The fraction of sp³-hybridized carbons (Fsp3) is 0.111. The molecule has 0 unspecified atom stereocenters. The van der Waals surface area contributed by atoms with Crippen molar-refractivity contribution in [1.29, 1.82) is 0 Å². The van der Waals surface area contributed by atoms with Crippen LogP contribution in [0.25, 0.3) is 16.3 Å². The summed E-state index contributed by atoms with van der Waals surface area (Å²) in [5.74, 6) is -0.0377. The lowest BCUT2D eigenvalue weighted by molar-refractivity contribution is -0.125. The number of nitrogens with zero attached hydrogens (tertiary/aromatic N) is 2. The van der Waals surface area contributed by atoms with Gasteiger partial charge in [-0.05, 0) is 35.9 Å². The summed E-state index contributed by atoms with van der Waals surface area (Å²) in [7, 11) is 1.79. The summed E-state index contributed by atoms with van der Waals surface area (Å²) in [5, 5.41) is 0.943. The highest BCUT2D eigenvalue weighted by molar-refractivity contribution is 9.10. The quantitative estimate of drug-likeness (QED) is 0.607. The molecule has 0 saturated heterocycles. The molecule has 23 heavy (non-hydrogen) atoms. The molecule has 2 aromatic carbocycles. The maximum absolute atomic E-state index is 12.2. The monoisotopic (exact) mass is 386 g/mol. The number of carbonyl (C=O) groups is 1. The van der Waals surface area contributed by atoms with Crippen molar-refractivity contribution in [2.45, 2.75) is 6.54 Å². The number of aromatic nitrogens is 1. The van der Waals surface area contributed by atoms with E-state index in [4.69, 9.17) is 0 Å². The highest BCUT2D eigenvalue weighted by Gasteiger charge is 2.09. The fourth-order valence-corrected chi connectivity index (χ4v) is 3.61.